The largest absolute Gasteiger partial charge is 0.351 e. The lowest BCUT2D eigenvalue weighted by Crippen LogP contribution is -2.50. The molecule has 3 amide bonds. The van der Waals surface area contributed by atoms with Gasteiger partial charge >= 0.3 is 0 Å². The zero-order chi connectivity index (χ0) is 20.5. The minimum Gasteiger partial charge on any atom is -0.351 e. The summed E-state index contributed by atoms with van der Waals surface area (Å²) in [5.41, 5.74) is 0. The van der Waals surface area contributed by atoms with Crippen LogP contribution in [-0.2, 0) is 14.4 Å². The Kier molecular flexibility index (Phi) is 9.26. The summed E-state index contributed by atoms with van der Waals surface area (Å²) in [4.78, 5) is 41.5. The van der Waals surface area contributed by atoms with Crippen molar-refractivity contribution in [2.75, 3.05) is 26.2 Å². The van der Waals surface area contributed by atoms with Crippen molar-refractivity contribution in [3.8, 4) is 0 Å². The Morgan fingerprint density at radius 3 is 2.43 bits per heavy atom. The molecule has 2 rings (SSSR count). The molecule has 2 fully saturated rings. The van der Waals surface area contributed by atoms with Crippen molar-refractivity contribution in [1.82, 2.24) is 15.1 Å². The highest BCUT2D eigenvalue weighted by Gasteiger charge is 2.34. The van der Waals surface area contributed by atoms with Gasteiger partial charge in [-0.2, -0.15) is 0 Å². The number of carbonyl (C=O) groups excluding carboxylic acids is 3. The average Bonchev–Trinajstić information content (AvgIpc) is 2.93. The van der Waals surface area contributed by atoms with Crippen molar-refractivity contribution in [3.05, 3.63) is 0 Å². The number of nitrogens with one attached hydrogen (secondary N) is 1. The molecule has 0 aromatic rings. The monoisotopic (exact) mass is 393 g/mol. The highest BCUT2D eigenvalue weighted by atomic mass is 16.2. The standard InChI is InChI=1S/C22H39N3O3/c1-4-9-17(10-5-2)21(27)23-19-11-7-8-14-25(16-19)22(28)18-12-13-20(26)24(6-3)15-18/h17-19H,4-16H2,1-3H3,(H,23,27)/t18?,19-/m0/s1. The van der Waals surface area contributed by atoms with Crippen molar-refractivity contribution in [1.29, 1.82) is 0 Å². The molecule has 2 atom stereocenters. The second-order valence-corrected chi connectivity index (χ2v) is 8.43. The molecule has 2 saturated heterocycles. The van der Waals surface area contributed by atoms with Crippen LogP contribution in [-0.4, -0.2) is 59.7 Å². The van der Waals surface area contributed by atoms with Crippen LogP contribution in [0.2, 0.25) is 0 Å². The number of likely N-dealkylation sites (tertiary alicyclic amines) is 2. The smallest absolute Gasteiger partial charge is 0.227 e. The Hall–Kier alpha value is -1.59. The maximum Gasteiger partial charge on any atom is 0.227 e. The van der Waals surface area contributed by atoms with E-state index in [1.165, 1.54) is 0 Å². The first-order valence-electron chi connectivity index (χ1n) is 11.4. The van der Waals surface area contributed by atoms with Gasteiger partial charge < -0.3 is 15.1 Å². The molecule has 0 aromatic carbocycles. The number of hydrogen-bond donors (Lipinski definition) is 1. The zero-order valence-electron chi connectivity index (χ0n) is 18.0. The lowest BCUT2D eigenvalue weighted by molar-refractivity contribution is -0.143. The maximum absolute atomic E-state index is 13.1. The Morgan fingerprint density at radius 1 is 1.07 bits per heavy atom. The van der Waals surface area contributed by atoms with Gasteiger partial charge in [0.2, 0.25) is 17.7 Å². The summed E-state index contributed by atoms with van der Waals surface area (Å²) < 4.78 is 0. The third-order valence-corrected chi connectivity index (χ3v) is 6.21. The number of piperidine rings is 1. The van der Waals surface area contributed by atoms with Crippen LogP contribution in [0.15, 0.2) is 0 Å². The minimum absolute atomic E-state index is 0.0441. The molecule has 0 saturated carbocycles. The fourth-order valence-electron chi connectivity index (χ4n) is 4.56. The fraction of sp³-hybridized carbons (Fsp3) is 0.864. The molecule has 1 N–H and O–H groups in total. The van der Waals surface area contributed by atoms with E-state index in [0.717, 1.165) is 51.5 Å². The van der Waals surface area contributed by atoms with E-state index in [-0.39, 0.29) is 35.6 Å². The molecule has 1 unspecified atom stereocenters. The van der Waals surface area contributed by atoms with Crippen LogP contribution in [0.5, 0.6) is 0 Å². The summed E-state index contributed by atoms with van der Waals surface area (Å²) in [6, 6.07) is 0.0441. The lowest BCUT2D eigenvalue weighted by atomic mass is 9.95. The molecule has 2 heterocycles. The first-order valence-corrected chi connectivity index (χ1v) is 11.4. The molecule has 2 aliphatic heterocycles. The van der Waals surface area contributed by atoms with Gasteiger partial charge in [0.1, 0.15) is 0 Å². The van der Waals surface area contributed by atoms with Gasteiger partial charge in [-0.15, -0.1) is 0 Å². The summed E-state index contributed by atoms with van der Waals surface area (Å²) in [5.74, 6) is 0.463. The summed E-state index contributed by atoms with van der Waals surface area (Å²) in [6.07, 6.45) is 7.95. The first-order chi connectivity index (χ1) is 13.5. The lowest BCUT2D eigenvalue weighted by Gasteiger charge is -2.35. The summed E-state index contributed by atoms with van der Waals surface area (Å²) in [7, 11) is 0. The first kappa shape index (κ1) is 22.7. The molecule has 0 bridgehead atoms. The highest BCUT2D eigenvalue weighted by Crippen LogP contribution is 2.22. The van der Waals surface area contributed by atoms with E-state index in [9.17, 15) is 14.4 Å². The van der Waals surface area contributed by atoms with Crippen LogP contribution in [0.3, 0.4) is 0 Å². The van der Waals surface area contributed by atoms with Crippen molar-refractivity contribution in [2.24, 2.45) is 11.8 Å². The van der Waals surface area contributed by atoms with Gasteiger partial charge in [-0.1, -0.05) is 26.7 Å². The Bertz CT molecular complexity index is 531. The summed E-state index contributed by atoms with van der Waals surface area (Å²) >= 11 is 0. The Morgan fingerprint density at radius 2 is 1.79 bits per heavy atom. The van der Waals surface area contributed by atoms with E-state index in [1.807, 2.05) is 11.8 Å². The van der Waals surface area contributed by atoms with Gasteiger partial charge in [0.25, 0.3) is 0 Å². The van der Waals surface area contributed by atoms with Crippen LogP contribution in [0.4, 0.5) is 0 Å². The number of hydrogen-bond acceptors (Lipinski definition) is 3. The number of rotatable bonds is 8. The predicted octanol–water partition coefficient (Wildman–Crippen LogP) is 2.96. The van der Waals surface area contributed by atoms with E-state index in [4.69, 9.17) is 0 Å². The van der Waals surface area contributed by atoms with Crippen molar-refractivity contribution < 1.29 is 14.4 Å². The number of nitrogens with zero attached hydrogens (tertiary/aromatic N) is 2. The average molecular weight is 394 g/mol. The SMILES string of the molecule is CCCC(CCC)C(=O)N[C@H]1CCCCN(C(=O)C2CCC(=O)N(CC)C2)C1. The second-order valence-electron chi connectivity index (χ2n) is 8.43. The third-order valence-electron chi connectivity index (χ3n) is 6.21. The van der Waals surface area contributed by atoms with Crippen LogP contribution < -0.4 is 5.32 Å². The van der Waals surface area contributed by atoms with Crippen molar-refractivity contribution in [3.63, 3.8) is 0 Å². The second kappa shape index (κ2) is 11.4. The summed E-state index contributed by atoms with van der Waals surface area (Å²) in [6.45, 7) is 8.77. The fourth-order valence-corrected chi connectivity index (χ4v) is 4.56. The van der Waals surface area contributed by atoms with E-state index in [0.29, 0.717) is 32.5 Å². The predicted molar refractivity (Wildman–Crippen MR) is 111 cm³/mol. The molecule has 6 nitrogen and oxygen atoms in total. The normalized spacial score (nSPS) is 23.6. The zero-order valence-corrected chi connectivity index (χ0v) is 18.0. The number of carbonyl (C=O) groups is 3. The van der Waals surface area contributed by atoms with Crippen LogP contribution in [0.1, 0.15) is 78.6 Å². The van der Waals surface area contributed by atoms with E-state index in [1.54, 1.807) is 4.90 Å². The highest BCUT2D eigenvalue weighted by molar-refractivity contribution is 5.84. The minimum atomic E-state index is -0.0972. The molecular weight excluding hydrogens is 354 g/mol. The molecule has 0 aliphatic carbocycles. The molecule has 2 aliphatic rings. The molecule has 0 spiro atoms. The molecule has 28 heavy (non-hydrogen) atoms. The van der Waals surface area contributed by atoms with Crippen LogP contribution >= 0.6 is 0 Å². The van der Waals surface area contributed by atoms with E-state index >= 15 is 0 Å². The number of amides is 3. The Balaban J connectivity index is 1.96. The molecule has 6 heteroatoms. The van der Waals surface area contributed by atoms with E-state index < -0.39 is 0 Å². The summed E-state index contributed by atoms with van der Waals surface area (Å²) in [5, 5.41) is 3.25. The molecule has 160 valence electrons. The van der Waals surface area contributed by atoms with Crippen LogP contribution in [0, 0.1) is 11.8 Å². The molecule has 0 aromatic heterocycles. The van der Waals surface area contributed by atoms with Gasteiger partial charge in [-0.25, -0.2) is 0 Å². The van der Waals surface area contributed by atoms with Gasteiger partial charge in [0.05, 0.1) is 5.92 Å². The van der Waals surface area contributed by atoms with Gasteiger partial charge in [0.15, 0.2) is 0 Å². The quantitative estimate of drug-likeness (QED) is 0.689. The van der Waals surface area contributed by atoms with Gasteiger partial charge in [-0.05, 0) is 45.4 Å². The molecule has 0 radical (unpaired) electrons. The third kappa shape index (κ3) is 6.21. The van der Waals surface area contributed by atoms with Crippen molar-refractivity contribution >= 4 is 17.7 Å². The van der Waals surface area contributed by atoms with Gasteiger partial charge in [-0.3, -0.25) is 14.4 Å². The molecular formula is C22H39N3O3. The van der Waals surface area contributed by atoms with E-state index in [2.05, 4.69) is 19.2 Å². The van der Waals surface area contributed by atoms with Crippen LogP contribution in [0.25, 0.3) is 0 Å². The van der Waals surface area contributed by atoms with Gasteiger partial charge in [0, 0.05) is 44.6 Å². The topological polar surface area (TPSA) is 69.7 Å². The maximum atomic E-state index is 13.1. The Labute approximate surface area is 170 Å². The van der Waals surface area contributed by atoms with Crippen molar-refractivity contribution in [2.45, 2.75) is 84.6 Å².